The van der Waals surface area contributed by atoms with Crippen LogP contribution in [-0.4, -0.2) is 30.2 Å². The van der Waals surface area contributed by atoms with Gasteiger partial charge in [0.05, 0.1) is 5.69 Å². The summed E-state index contributed by atoms with van der Waals surface area (Å²) in [6, 6.07) is 14.8. The number of imidazole rings is 1. The van der Waals surface area contributed by atoms with Crippen molar-refractivity contribution in [2.45, 2.75) is 6.61 Å². The lowest BCUT2D eigenvalue weighted by Crippen LogP contribution is -2.12. The predicted molar refractivity (Wildman–Crippen MR) is 117 cm³/mol. The minimum absolute atomic E-state index is 0.309. The van der Waals surface area contributed by atoms with E-state index in [1.165, 1.54) is 11.3 Å². The molecule has 4 heterocycles. The molecule has 152 valence electrons. The summed E-state index contributed by atoms with van der Waals surface area (Å²) in [6.07, 6.45) is 7.15. The van der Waals surface area contributed by atoms with E-state index in [2.05, 4.69) is 25.3 Å². The van der Waals surface area contributed by atoms with Crippen molar-refractivity contribution in [3.05, 3.63) is 90.1 Å². The molecule has 5 rings (SSSR count). The Hall–Kier alpha value is -4.11. The van der Waals surface area contributed by atoms with Crippen molar-refractivity contribution < 1.29 is 9.53 Å². The van der Waals surface area contributed by atoms with Crippen LogP contribution in [-0.2, 0) is 6.61 Å². The van der Waals surface area contributed by atoms with Crippen molar-refractivity contribution in [3.63, 3.8) is 0 Å². The van der Waals surface area contributed by atoms with E-state index in [1.807, 2.05) is 47.1 Å². The van der Waals surface area contributed by atoms with Gasteiger partial charge in [-0.1, -0.05) is 12.1 Å². The first-order valence-corrected chi connectivity index (χ1v) is 10.3. The molecule has 1 N–H and O–H groups in total. The molecule has 0 unspecified atom stereocenters. The van der Waals surface area contributed by atoms with E-state index in [1.54, 1.807) is 36.0 Å². The molecule has 0 fully saturated rings. The van der Waals surface area contributed by atoms with Gasteiger partial charge in [-0.25, -0.2) is 19.9 Å². The van der Waals surface area contributed by atoms with Crippen molar-refractivity contribution in [2.75, 3.05) is 5.32 Å². The Morgan fingerprint density at radius 2 is 1.97 bits per heavy atom. The minimum Gasteiger partial charge on any atom is -0.487 e. The third-order valence-corrected chi connectivity index (χ3v) is 5.22. The molecule has 1 amide bonds. The number of carbonyl (C=O) groups excluding carboxylic acids is 1. The molecule has 9 heteroatoms. The molecule has 0 radical (unpaired) electrons. The highest BCUT2D eigenvalue weighted by molar-refractivity contribution is 7.13. The second-order valence-electron chi connectivity index (χ2n) is 6.58. The number of pyridine rings is 1. The van der Waals surface area contributed by atoms with Gasteiger partial charge in [0.1, 0.15) is 23.7 Å². The molecule has 0 aliphatic rings. The molecule has 0 atom stereocenters. The zero-order valence-corrected chi connectivity index (χ0v) is 17.0. The number of carbonyl (C=O) groups is 1. The zero-order chi connectivity index (χ0) is 21.0. The molecule has 0 spiro atoms. The lowest BCUT2D eigenvalue weighted by Gasteiger charge is -2.07. The second-order valence-corrected chi connectivity index (χ2v) is 7.44. The molecule has 0 saturated heterocycles. The fraction of sp³-hybridized carbons (Fsp3) is 0.0455. The summed E-state index contributed by atoms with van der Waals surface area (Å²) in [5, 5.41) is 5.13. The second kappa shape index (κ2) is 8.33. The SMILES string of the molecule is O=C(Nc1cccc(OCc2cn3ccccc3n2)c1)c1csc(-c2ncccn2)n1. The van der Waals surface area contributed by atoms with E-state index in [9.17, 15) is 4.79 Å². The van der Waals surface area contributed by atoms with Crippen LogP contribution in [0.3, 0.4) is 0 Å². The van der Waals surface area contributed by atoms with Crippen LogP contribution in [0.1, 0.15) is 16.2 Å². The number of nitrogens with zero attached hydrogens (tertiary/aromatic N) is 5. The first kappa shape index (κ1) is 18.9. The first-order valence-electron chi connectivity index (χ1n) is 9.44. The standard InChI is InChI=1S/C22H16N6O2S/c29-21(18-14-31-22(27-18)20-23-8-4-9-24-20)26-15-5-3-6-17(11-15)30-13-16-12-28-10-2-1-7-19(28)25-16/h1-12,14H,13H2,(H,26,29). The molecule has 5 aromatic rings. The van der Waals surface area contributed by atoms with Gasteiger partial charge >= 0.3 is 0 Å². The Balaban J connectivity index is 1.25. The molecule has 0 bridgehead atoms. The van der Waals surface area contributed by atoms with E-state index in [0.717, 1.165) is 11.3 Å². The smallest absolute Gasteiger partial charge is 0.275 e. The Morgan fingerprint density at radius 1 is 1.06 bits per heavy atom. The van der Waals surface area contributed by atoms with Gasteiger partial charge in [-0.2, -0.15) is 0 Å². The van der Waals surface area contributed by atoms with E-state index in [0.29, 0.717) is 34.6 Å². The van der Waals surface area contributed by atoms with Gasteiger partial charge in [-0.05, 0) is 30.3 Å². The summed E-state index contributed by atoms with van der Waals surface area (Å²) in [5.74, 6) is 0.816. The number of nitrogens with one attached hydrogen (secondary N) is 1. The highest BCUT2D eigenvalue weighted by atomic mass is 32.1. The lowest BCUT2D eigenvalue weighted by molar-refractivity contribution is 0.102. The van der Waals surface area contributed by atoms with Gasteiger partial charge in [0.15, 0.2) is 10.8 Å². The van der Waals surface area contributed by atoms with Gasteiger partial charge in [0, 0.05) is 41.9 Å². The number of fused-ring (bicyclic) bond motifs is 1. The molecule has 0 aliphatic heterocycles. The lowest BCUT2D eigenvalue weighted by atomic mass is 10.3. The average molecular weight is 428 g/mol. The first-order chi connectivity index (χ1) is 15.2. The zero-order valence-electron chi connectivity index (χ0n) is 16.2. The van der Waals surface area contributed by atoms with Crippen LogP contribution >= 0.6 is 11.3 Å². The Labute approximate surface area is 181 Å². The number of thiazole rings is 1. The van der Waals surface area contributed by atoms with E-state index in [4.69, 9.17) is 4.74 Å². The van der Waals surface area contributed by atoms with E-state index >= 15 is 0 Å². The van der Waals surface area contributed by atoms with Crippen LogP contribution in [0.5, 0.6) is 5.75 Å². The van der Waals surface area contributed by atoms with Crippen molar-refractivity contribution in [3.8, 4) is 16.6 Å². The van der Waals surface area contributed by atoms with Crippen LogP contribution in [0.25, 0.3) is 16.5 Å². The van der Waals surface area contributed by atoms with Crippen molar-refractivity contribution in [1.29, 1.82) is 0 Å². The molecule has 31 heavy (non-hydrogen) atoms. The number of rotatable bonds is 6. The fourth-order valence-corrected chi connectivity index (χ4v) is 3.71. The maximum absolute atomic E-state index is 12.6. The highest BCUT2D eigenvalue weighted by Crippen LogP contribution is 2.22. The fourth-order valence-electron chi connectivity index (χ4n) is 2.96. The number of aromatic nitrogens is 5. The monoisotopic (exact) mass is 428 g/mol. The van der Waals surface area contributed by atoms with Gasteiger partial charge in [-0.3, -0.25) is 4.79 Å². The van der Waals surface area contributed by atoms with Gasteiger partial charge < -0.3 is 14.5 Å². The summed E-state index contributed by atoms with van der Waals surface area (Å²) in [6.45, 7) is 0.325. The third kappa shape index (κ3) is 4.26. The molecular formula is C22H16N6O2S. The van der Waals surface area contributed by atoms with Crippen LogP contribution < -0.4 is 10.1 Å². The highest BCUT2D eigenvalue weighted by Gasteiger charge is 2.14. The normalized spacial score (nSPS) is 10.8. The average Bonchev–Trinajstić information content (AvgIpc) is 3.46. The number of hydrogen-bond donors (Lipinski definition) is 1. The summed E-state index contributed by atoms with van der Waals surface area (Å²) >= 11 is 1.32. The Morgan fingerprint density at radius 3 is 2.84 bits per heavy atom. The van der Waals surface area contributed by atoms with Crippen LogP contribution in [0.2, 0.25) is 0 Å². The largest absolute Gasteiger partial charge is 0.487 e. The van der Waals surface area contributed by atoms with Crippen molar-refractivity contribution >= 4 is 28.6 Å². The van der Waals surface area contributed by atoms with E-state index in [-0.39, 0.29) is 5.91 Å². The van der Waals surface area contributed by atoms with Crippen LogP contribution in [0, 0.1) is 0 Å². The van der Waals surface area contributed by atoms with Crippen molar-refractivity contribution in [1.82, 2.24) is 24.3 Å². The quantitative estimate of drug-likeness (QED) is 0.438. The summed E-state index contributed by atoms with van der Waals surface area (Å²) in [4.78, 5) is 29.8. The Bertz CT molecular complexity index is 1320. The maximum atomic E-state index is 12.6. The molecule has 8 nitrogen and oxygen atoms in total. The molecular weight excluding hydrogens is 412 g/mol. The molecule has 0 saturated carbocycles. The minimum atomic E-state index is -0.309. The van der Waals surface area contributed by atoms with Gasteiger partial charge in [0.2, 0.25) is 0 Å². The van der Waals surface area contributed by atoms with E-state index < -0.39 is 0 Å². The van der Waals surface area contributed by atoms with Gasteiger partial charge in [-0.15, -0.1) is 11.3 Å². The number of benzene rings is 1. The molecule has 1 aromatic carbocycles. The third-order valence-electron chi connectivity index (χ3n) is 4.39. The van der Waals surface area contributed by atoms with Crippen molar-refractivity contribution in [2.24, 2.45) is 0 Å². The predicted octanol–water partition coefficient (Wildman–Crippen LogP) is 4.08. The number of anilines is 1. The maximum Gasteiger partial charge on any atom is 0.275 e. The summed E-state index contributed by atoms with van der Waals surface area (Å²) in [7, 11) is 0. The van der Waals surface area contributed by atoms with Gasteiger partial charge in [0.25, 0.3) is 5.91 Å². The number of ether oxygens (including phenoxy) is 1. The summed E-state index contributed by atoms with van der Waals surface area (Å²) < 4.78 is 7.80. The molecule has 0 aliphatic carbocycles. The topological polar surface area (TPSA) is 94.3 Å². The molecule has 4 aromatic heterocycles. The number of hydrogen-bond acceptors (Lipinski definition) is 7. The van der Waals surface area contributed by atoms with Crippen LogP contribution in [0.15, 0.2) is 78.7 Å². The van der Waals surface area contributed by atoms with Crippen LogP contribution in [0.4, 0.5) is 5.69 Å². The Kier molecular flexibility index (Phi) is 5.07. The number of amides is 1. The summed E-state index contributed by atoms with van der Waals surface area (Å²) in [5.41, 5.74) is 2.61.